The van der Waals surface area contributed by atoms with Crippen LogP contribution >= 0.6 is 0 Å². The molecular weight excluding hydrogens is 250 g/mol. The lowest BCUT2D eigenvalue weighted by atomic mass is 9.78. The number of nitrogens with zero attached hydrogens (tertiary/aromatic N) is 2. The van der Waals surface area contributed by atoms with Crippen molar-refractivity contribution in [1.29, 1.82) is 0 Å². The summed E-state index contributed by atoms with van der Waals surface area (Å²) in [5, 5.41) is 8.23. The monoisotopic (exact) mass is 279 g/mol. The highest BCUT2D eigenvalue weighted by molar-refractivity contribution is 5.30. The van der Waals surface area contributed by atoms with Crippen LogP contribution in [0.25, 0.3) is 0 Å². The van der Waals surface area contributed by atoms with Gasteiger partial charge in [0.15, 0.2) is 5.75 Å². The number of hydrogen-bond donors (Lipinski definition) is 1. The molecule has 1 fully saturated rings. The number of aromatic nitrogens is 2. The highest BCUT2D eigenvalue weighted by atomic mass is 16.5. The minimum Gasteiger partial charge on any atom is -0.493 e. The average Bonchev–Trinajstić information content (AvgIpc) is 3.04. The molecule has 0 aliphatic heterocycles. The molecule has 0 aromatic carbocycles. The summed E-state index contributed by atoms with van der Waals surface area (Å²) in [6, 6.07) is 0.332. The third-order valence-electron chi connectivity index (χ3n) is 4.62. The molecule has 0 radical (unpaired) electrons. The molecule has 0 spiro atoms. The Labute approximate surface area is 122 Å². The van der Waals surface area contributed by atoms with Crippen molar-refractivity contribution >= 4 is 0 Å². The van der Waals surface area contributed by atoms with Crippen molar-refractivity contribution in [2.45, 2.75) is 65.5 Å². The lowest BCUT2D eigenvalue weighted by Gasteiger charge is -2.35. The van der Waals surface area contributed by atoms with Crippen LogP contribution in [0.3, 0.4) is 0 Å². The molecule has 1 aromatic heterocycles. The maximum Gasteiger partial charge on any atom is 0.161 e. The molecule has 0 amide bonds. The molecule has 1 aromatic rings. The van der Waals surface area contributed by atoms with E-state index in [1.807, 2.05) is 6.20 Å². The summed E-state index contributed by atoms with van der Waals surface area (Å²) < 4.78 is 7.72. The normalized spacial score (nSPS) is 19.2. The fraction of sp³-hybridized carbons (Fsp3) is 0.812. The molecule has 20 heavy (non-hydrogen) atoms. The first-order valence-electron chi connectivity index (χ1n) is 7.99. The lowest BCUT2D eigenvalue weighted by Crippen LogP contribution is -2.36. The van der Waals surface area contributed by atoms with Crippen LogP contribution in [0, 0.1) is 5.41 Å². The van der Waals surface area contributed by atoms with Gasteiger partial charge in [0.1, 0.15) is 0 Å². The predicted octanol–water partition coefficient (Wildman–Crippen LogP) is 3.53. The maximum atomic E-state index is 5.58. The first-order valence-corrected chi connectivity index (χ1v) is 7.99. The second-order valence-electron chi connectivity index (χ2n) is 6.17. The number of ether oxygens (including phenoxy) is 1. The minimum absolute atomic E-state index is 0.314. The molecule has 4 heteroatoms. The summed E-state index contributed by atoms with van der Waals surface area (Å²) in [5.74, 6) is 0.928. The van der Waals surface area contributed by atoms with Gasteiger partial charge in [0.25, 0.3) is 0 Å². The van der Waals surface area contributed by atoms with Gasteiger partial charge in [-0.3, -0.25) is 4.68 Å². The van der Waals surface area contributed by atoms with Crippen LogP contribution < -0.4 is 10.1 Å². The van der Waals surface area contributed by atoms with Crippen LogP contribution in [0.5, 0.6) is 5.75 Å². The van der Waals surface area contributed by atoms with Crippen LogP contribution in [-0.2, 0) is 6.54 Å². The number of rotatable bonds is 7. The van der Waals surface area contributed by atoms with Gasteiger partial charge in [-0.25, -0.2) is 0 Å². The standard InChI is InChI=1S/C16H29N3O/c1-5-11-19-14(13(20-4)12-18-19)15(17-6-2)16(3)9-7-8-10-16/h12,15,17H,5-11H2,1-4H3. The van der Waals surface area contributed by atoms with Crippen molar-refractivity contribution < 1.29 is 4.74 Å². The van der Waals surface area contributed by atoms with E-state index in [0.29, 0.717) is 11.5 Å². The second-order valence-corrected chi connectivity index (χ2v) is 6.17. The van der Waals surface area contributed by atoms with Crippen LogP contribution in [0.1, 0.15) is 64.6 Å². The third-order valence-corrected chi connectivity index (χ3v) is 4.62. The Kier molecular flexibility index (Phi) is 5.08. The summed E-state index contributed by atoms with van der Waals surface area (Å²) in [7, 11) is 1.75. The second kappa shape index (κ2) is 6.61. The third kappa shape index (κ3) is 2.85. The van der Waals surface area contributed by atoms with Crippen molar-refractivity contribution in [1.82, 2.24) is 15.1 Å². The smallest absolute Gasteiger partial charge is 0.161 e. The van der Waals surface area contributed by atoms with Gasteiger partial charge in [0, 0.05) is 6.54 Å². The Morgan fingerprint density at radius 3 is 2.65 bits per heavy atom. The van der Waals surface area contributed by atoms with Crippen molar-refractivity contribution in [2.24, 2.45) is 5.41 Å². The van der Waals surface area contributed by atoms with E-state index in [9.17, 15) is 0 Å². The highest BCUT2D eigenvalue weighted by Gasteiger charge is 2.40. The van der Waals surface area contributed by atoms with Crippen LogP contribution in [-0.4, -0.2) is 23.4 Å². The van der Waals surface area contributed by atoms with E-state index in [2.05, 4.69) is 35.9 Å². The fourth-order valence-electron chi connectivity index (χ4n) is 3.56. The average molecular weight is 279 g/mol. The summed E-state index contributed by atoms with van der Waals surface area (Å²) in [6.45, 7) is 8.71. The van der Waals surface area contributed by atoms with Crippen LogP contribution in [0.15, 0.2) is 6.20 Å². The van der Waals surface area contributed by atoms with Gasteiger partial charge in [-0.1, -0.05) is 33.6 Å². The summed E-state index contributed by atoms with van der Waals surface area (Å²) in [4.78, 5) is 0. The maximum absolute atomic E-state index is 5.58. The molecule has 1 unspecified atom stereocenters. The number of hydrogen-bond acceptors (Lipinski definition) is 3. The zero-order valence-corrected chi connectivity index (χ0v) is 13.4. The molecule has 4 nitrogen and oxygen atoms in total. The zero-order valence-electron chi connectivity index (χ0n) is 13.4. The first-order chi connectivity index (χ1) is 9.66. The van der Waals surface area contributed by atoms with Crippen molar-refractivity contribution in [3.05, 3.63) is 11.9 Å². The molecule has 0 saturated heterocycles. The van der Waals surface area contributed by atoms with Crippen LogP contribution in [0.2, 0.25) is 0 Å². The predicted molar refractivity (Wildman–Crippen MR) is 82.1 cm³/mol. The van der Waals surface area contributed by atoms with Gasteiger partial charge in [0.05, 0.1) is 25.0 Å². The summed E-state index contributed by atoms with van der Waals surface area (Å²) >= 11 is 0. The molecule has 1 heterocycles. The molecule has 1 aliphatic rings. The van der Waals surface area contributed by atoms with Gasteiger partial charge in [-0.2, -0.15) is 5.10 Å². The quantitative estimate of drug-likeness (QED) is 0.830. The van der Waals surface area contributed by atoms with Crippen molar-refractivity contribution in [3.63, 3.8) is 0 Å². The van der Waals surface area contributed by atoms with E-state index < -0.39 is 0 Å². The molecular formula is C16H29N3O. The van der Waals surface area contributed by atoms with E-state index in [1.165, 1.54) is 31.4 Å². The van der Waals surface area contributed by atoms with Crippen molar-refractivity contribution in [2.75, 3.05) is 13.7 Å². The van der Waals surface area contributed by atoms with E-state index in [-0.39, 0.29) is 0 Å². The SMILES string of the molecule is CCCn1ncc(OC)c1C(NCC)C1(C)CCCC1. The number of nitrogens with one attached hydrogen (secondary N) is 1. The molecule has 2 rings (SSSR count). The Balaban J connectivity index is 2.39. The topological polar surface area (TPSA) is 39.1 Å². The van der Waals surface area contributed by atoms with Gasteiger partial charge in [-0.05, 0) is 31.2 Å². The Hall–Kier alpha value is -1.03. The Morgan fingerprint density at radius 2 is 2.10 bits per heavy atom. The number of aryl methyl sites for hydroxylation is 1. The van der Waals surface area contributed by atoms with Gasteiger partial charge < -0.3 is 10.1 Å². The van der Waals surface area contributed by atoms with Gasteiger partial charge in [-0.15, -0.1) is 0 Å². The minimum atomic E-state index is 0.314. The van der Waals surface area contributed by atoms with Crippen molar-refractivity contribution in [3.8, 4) is 5.75 Å². The van der Waals surface area contributed by atoms with E-state index in [0.717, 1.165) is 25.3 Å². The van der Waals surface area contributed by atoms with Gasteiger partial charge >= 0.3 is 0 Å². The summed E-state index contributed by atoms with van der Waals surface area (Å²) in [5.41, 5.74) is 1.55. The Morgan fingerprint density at radius 1 is 1.40 bits per heavy atom. The first kappa shape index (κ1) is 15.4. The molecule has 1 aliphatic carbocycles. The number of methoxy groups -OCH3 is 1. The van der Waals surface area contributed by atoms with E-state index in [1.54, 1.807) is 7.11 Å². The summed E-state index contributed by atoms with van der Waals surface area (Å²) in [6.07, 6.45) is 8.20. The molecule has 1 atom stereocenters. The van der Waals surface area contributed by atoms with Crippen LogP contribution in [0.4, 0.5) is 0 Å². The molecule has 114 valence electrons. The van der Waals surface area contributed by atoms with E-state index >= 15 is 0 Å². The largest absolute Gasteiger partial charge is 0.493 e. The molecule has 0 bridgehead atoms. The molecule has 1 saturated carbocycles. The highest BCUT2D eigenvalue weighted by Crippen LogP contribution is 2.48. The zero-order chi connectivity index (χ0) is 14.6. The Bertz CT molecular complexity index is 421. The fourth-order valence-corrected chi connectivity index (χ4v) is 3.56. The molecule has 1 N–H and O–H groups in total. The van der Waals surface area contributed by atoms with E-state index in [4.69, 9.17) is 4.74 Å². The van der Waals surface area contributed by atoms with Gasteiger partial charge in [0.2, 0.25) is 0 Å². The lowest BCUT2D eigenvalue weighted by molar-refractivity contribution is 0.210.